The lowest BCUT2D eigenvalue weighted by Gasteiger charge is -2.08. The summed E-state index contributed by atoms with van der Waals surface area (Å²) in [5.41, 5.74) is 4.90. The average molecular weight is 411 g/mol. The number of nitro groups is 1. The van der Waals surface area contributed by atoms with Crippen LogP contribution >= 0.6 is 35.2 Å². The summed E-state index contributed by atoms with van der Waals surface area (Å²) in [5, 5.41) is 14.8. The molecule has 0 saturated carbocycles. The fourth-order valence-corrected chi connectivity index (χ4v) is 2.67. The molecule has 26 heavy (non-hydrogen) atoms. The number of rotatable bonds is 4. The van der Waals surface area contributed by atoms with Gasteiger partial charge in [0.15, 0.2) is 5.11 Å². The molecule has 11 heteroatoms. The second kappa shape index (κ2) is 9.04. The van der Waals surface area contributed by atoms with E-state index in [-0.39, 0.29) is 21.7 Å². The van der Waals surface area contributed by atoms with E-state index in [1.807, 2.05) is 0 Å². The molecule has 0 radical (unpaired) electrons. The minimum absolute atomic E-state index is 0.00321. The predicted octanol–water partition coefficient (Wildman–Crippen LogP) is 2.66. The molecular weight excluding hydrogens is 400 g/mol. The third-order valence-corrected chi connectivity index (χ3v) is 4.26. The summed E-state index contributed by atoms with van der Waals surface area (Å²) in [7, 11) is 0. The van der Waals surface area contributed by atoms with E-state index in [1.54, 1.807) is 17.5 Å². The van der Waals surface area contributed by atoms with Crippen LogP contribution in [-0.2, 0) is 4.79 Å². The first kappa shape index (κ1) is 19.5. The normalized spacial score (nSPS) is 10.3. The van der Waals surface area contributed by atoms with Crippen LogP contribution < -0.4 is 16.2 Å². The highest BCUT2D eigenvalue weighted by atomic mass is 35.5. The summed E-state index contributed by atoms with van der Waals surface area (Å²) >= 11 is 11.9. The molecule has 0 atom stereocenters. The van der Waals surface area contributed by atoms with Gasteiger partial charge in [-0.25, -0.2) is 0 Å². The van der Waals surface area contributed by atoms with E-state index < -0.39 is 10.8 Å². The molecule has 0 fully saturated rings. The number of hydrogen-bond donors (Lipinski definition) is 3. The number of amides is 2. The second-order valence-corrected chi connectivity index (χ2v) is 6.44. The van der Waals surface area contributed by atoms with E-state index in [1.165, 1.54) is 35.6 Å². The van der Waals surface area contributed by atoms with Crippen molar-refractivity contribution >= 4 is 63.8 Å². The largest absolute Gasteiger partial charge is 0.298 e. The van der Waals surface area contributed by atoms with Crippen molar-refractivity contribution in [3.05, 3.63) is 67.4 Å². The first-order chi connectivity index (χ1) is 12.4. The monoisotopic (exact) mass is 410 g/mol. The SMILES string of the molecule is O=C(/C=C/c1ccc(Cl)c([N+](=O)[O-])c1)NC(=S)NNC(=O)c1cccs1. The third-order valence-electron chi connectivity index (χ3n) is 2.87. The number of carbonyl (C=O) groups excluding carboxylic acids is 2. The Hall–Kier alpha value is -2.82. The zero-order chi connectivity index (χ0) is 19.1. The van der Waals surface area contributed by atoms with E-state index in [0.29, 0.717) is 10.4 Å². The minimum atomic E-state index is -0.616. The van der Waals surface area contributed by atoms with Crippen molar-refractivity contribution in [3.63, 3.8) is 0 Å². The van der Waals surface area contributed by atoms with E-state index in [4.69, 9.17) is 23.8 Å². The van der Waals surface area contributed by atoms with Crippen LogP contribution in [0.15, 0.2) is 41.8 Å². The Morgan fingerprint density at radius 2 is 2.04 bits per heavy atom. The van der Waals surface area contributed by atoms with E-state index in [2.05, 4.69) is 16.2 Å². The summed E-state index contributed by atoms with van der Waals surface area (Å²) in [6.07, 6.45) is 2.51. The van der Waals surface area contributed by atoms with Crippen molar-refractivity contribution < 1.29 is 14.5 Å². The van der Waals surface area contributed by atoms with Crippen molar-refractivity contribution in [3.8, 4) is 0 Å². The molecule has 134 valence electrons. The first-order valence-electron chi connectivity index (χ1n) is 6.93. The van der Waals surface area contributed by atoms with Gasteiger partial charge >= 0.3 is 0 Å². The predicted molar refractivity (Wildman–Crippen MR) is 103 cm³/mol. The molecule has 0 unspecified atom stereocenters. The highest BCUT2D eigenvalue weighted by molar-refractivity contribution is 7.80. The van der Waals surface area contributed by atoms with Gasteiger partial charge in [-0.15, -0.1) is 11.3 Å². The lowest BCUT2D eigenvalue weighted by atomic mass is 10.2. The van der Waals surface area contributed by atoms with Gasteiger partial charge in [0, 0.05) is 12.1 Å². The number of nitrogens with one attached hydrogen (secondary N) is 3. The molecule has 0 saturated heterocycles. The maximum Gasteiger partial charge on any atom is 0.288 e. The van der Waals surface area contributed by atoms with Gasteiger partial charge in [-0.2, -0.15) is 0 Å². The number of carbonyl (C=O) groups is 2. The topological polar surface area (TPSA) is 113 Å². The molecule has 1 aromatic heterocycles. The summed E-state index contributed by atoms with van der Waals surface area (Å²) in [6.45, 7) is 0. The maximum atomic E-state index is 11.8. The minimum Gasteiger partial charge on any atom is -0.298 e. The molecule has 3 N–H and O–H groups in total. The van der Waals surface area contributed by atoms with Crippen molar-refractivity contribution in [2.75, 3.05) is 0 Å². The van der Waals surface area contributed by atoms with Crippen LogP contribution in [0, 0.1) is 10.1 Å². The fourth-order valence-electron chi connectivity index (χ4n) is 1.71. The zero-order valence-electron chi connectivity index (χ0n) is 12.9. The Bertz CT molecular complexity index is 884. The van der Waals surface area contributed by atoms with Crippen LogP contribution in [-0.4, -0.2) is 21.9 Å². The van der Waals surface area contributed by atoms with Crippen LogP contribution in [0.5, 0.6) is 0 Å². The van der Waals surface area contributed by atoms with Gasteiger partial charge in [0.05, 0.1) is 9.80 Å². The van der Waals surface area contributed by atoms with E-state index in [9.17, 15) is 19.7 Å². The Morgan fingerprint density at radius 1 is 1.27 bits per heavy atom. The second-order valence-electron chi connectivity index (χ2n) is 4.68. The molecule has 0 aliphatic heterocycles. The Balaban J connectivity index is 1.86. The summed E-state index contributed by atoms with van der Waals surface area (Å²) < 4.78 is 0. The van der Waals surface area contributed by atoms with Crippen LogP contribution in [0.1, 0.15) is 15.2 Å². The molecule has 1 heterocycles. The molecule has 0 spiro atoms. The first-order valence-corrected chi connectivity index (χ1v) is 8.60. The van der Waals surface area contributed by atoms with Gasteiger partial charge in [0.2, 0.25) is 5.91 Å². The average Bonchev–Trinajstić information content (AvgIpc) is 3.13. The molecule has 2 rings (SSSR count). The van der Waals surface area contributed by atoms with Crippen molar-refractivity contribution in [1.29, 1.82) is 0 Å². The van der Waals surface area contributed by atoms with Gasteiger partial charge in [-0.1, -0.05) is 23.7 Å². The number of hydrogen-bond acceptors (Lipinski definition) is 6. The number of nitrogens with zero attached hydrogens (tertiary/aromatic N) is 1. The molecular formula is C15H11ClN4O4S2. The smallest absolute Gasteiger partial charge is 0.288 e. The summed E-state index contributed by atoms with van der Waals surface area (Å²) in [6, 6.07) is 7.49. The van der Waals surface area contributed by atoms with Crippen molar-refractivity contribution in [1.82, 2.24) is 16.2 Å². The van der Waals surface area contributed by atoms with Gasteiger partial charge < -0.3 is 0 Å². The van der Waals surface area contributed by atoms with E-state index in [0.717, 1.165) is 6.08 Å². The number of thiophene rings is 1. The van der Waals surface area contributed by atoms with Crippen LogP contribution in [0.2, 0.25) is 5.02 Å². The quantitative estimate of drug-likeness (QED) is 0.309. The Kier molecular flexibility index (Phi) is 6.78. The number of halogens is 1. The number of nitro benzene ring substituents is 1. The lowest BCUT2D eigenvalue weighted by molar-refractivity contribution is -0.384. The highest BCUT2D eigenvalue weighted by Crippen LogP contribution is 2.25. The number of hydrazine groups is 1. The molecule has 8 nitrogen and oxygen atoms in total. The molecule has 2 amide bonds. The number of benzene rings is 1. The van der Waals surface area contributed by atoms with E-state index >= 15 is 0 Å². The highest BCUT2D eigenvalue weighted by Gasteiger charge is 2.12. The van der Waals surface area contributed by atoms with Crippen LogP contribution in [0.3, 0.4) is 0 Å². The molecule has 1 aromatic carbocycles. The zero-order valence-corrected chi connectivity index (χ0v) is 15.3. The van der Waals surface area contributed by atoms with Gasteiger partial charge in [-0.3, -0.25) is 35.9 Å². The van der Waals surface area contributed by atoms with Crippen LogP contribution in [0.4, 0.5) is 5.69 Å². The third kappa shape index (κ3) is 5.62. The maximum absolute atomic E-state index is 11.8. The van der Waals surface area contributed by atoms with Crippen molar-refractivity contribution in [2.45, 2.75) is 0 Å². The molecule has 0 aliphatic rings. The van der Waals surface area contributed by atoms with Crippen molar-refractivity contribution in [2.24, 2.45) is 0 Å². The Morgan fingerprint density at radius 3 is 2.69 bits per heavy atom. The lowest BCUT2D eigenvalue weighted by Crippen LogP contribution is -2.48. The molecule has 0 aliphatic carbocycles. The summed E-state index contributed by atoms with van der Waals surface area (Å²) in [4.78, 5) is 34.2. The summed E-state index contributed by atoms with van der Waals surface area (Å²) in [5.74, 6) is -0.967. The fraction of sp³-hybridized carbons (Fsp3) is 0. The van der Waals surface area contributed by atoms with Crippen LogP contribution in [0.25, 0.3) is 6.08 Å². The molecule has 2 aromatic rings. The standard InChI is InChI=1S/C15H11ClN4O4S2/c16-10-5-3-9(8-11(10)20(23)24)4-6-13(21)17-15(25)19-18-14(22)12-2-1-7-26-12/h1-8H,(H,18,22)(H2,17,19,21,25)/b6-4+. The molecule has 0 bridgehead atoms. The van der Waals surface area contributed by atoms with Gasteiger partial charge in [-0.05, 0) is 41.4 Å². The van der Waals surface area contributed by atoms with Gasteiger partial charge in [0.1, 0.15) is 5.02 Å². The van der Waals surface area contributed by atoms with Gasteiger partial charge in [0.25, 0.3) is 11.6 Å². The number of thiocarbonyl (C=S) groups is 1. The Labute approximate surface area is 162 Å².